The molecule has 106 valence electrons. The summed E-state index contributed by atoms with van der Waals surface area (Å²) < 4.78 is 10.9. The molecule has 0 aliphatic heterocycles. The average Bonchev–Trinajstić information content (AvgIpc) is 2.53. The van der Waals surface area contributed by atoms with Gasteiger partial charge in [0.1, 0.15) is 11.5 Å². The molecule has 2 rings (SSSR count). The number of halogens is 2. The molecule has 0 fully saturated rings. The number of hydrogen-bond acceptors (Lipinski definition) is 2. The van der Waals surface area contributed by atoms with Gasteiger partial charge < -0.3 is 9.47 Å². The maximum atomic E-state index is 5.43. The maximum absolute atomic E-state index is 5.43. The standard InChI is InChI=1S/C16H16Br2O2/c1-19-15-7-11(3-5-13(15)9-17)12-4-6-14(10-18)16(8-12)20-2/h3-8H,9-10H2,1-2H3. The molecule has 4 heteroatoms. The van der Waals surface area contributed by atoms with Crippen LogP contribution in [0.2, 0.25) is 0 Å². The van der Waals surface area contributed by atoms with Gasteiger partial charge in [0.25, 0.3) is 0 Å². The Labute approximate surface area is 136 Å². The Bertz CT molecular complexity index is 544. The van der Waals surface area contributed by atoms with E-state index in [1.54, 1.807) is 14.2 Å². The van der Waals surface area contributed by atoms with Gasteiger partial charge in [-0.1, -0.05) is 56.1 Å². The first-order valence-corrected chi connectivity index (χ1v) is 8.44. The number of methoxy groups -OCH3 is 2. The third kappa shape index (κ3) is 3.18. The molecule has 0 radical (unpaired) electrons. The lowest BCUT2D eigenvalue weighted by Gasteiger charge is -2.12. The largest absolute Gasteiger partial charge is 0.496 e. The van der Waals surface area contributed by atoms with Crippen LogP contribution < -0.4 is 9.47 Å². The fourth-order valence-corrected chi connectivity index (χ4v) is 3.00. The molecule has 0 unspecified atom stereocenters. The zero-order chi connectivity index (χ0) is 14.5. The van der Waals surface area contributed by atoms with Crippen LogP contribution in [-0.2, 0) is 10.7 Å². The van der Waals surface area contributed by atoms with Crippen LogP contribution in [-0.4, -0.2) is 14.2 Å². The van der Waals surface area contributed by atoms with Crippen LogP contribution in [0.1, 0.15) is 11.1 Å². The average molecular weight is 400 g/mol. The van der Waals surface area contributed by atoms with Gasteiger partial charge in [-0.15, -0.1) is 0 Å². The summed E-state index contributed by atoms with van der Waals surface area (Å²) >= 11 is 6.93. The lowest BCUT2D eigenvalue weighted by Crippen LogP contribution is -1.92. The van der Waals surface area contributed by atoms with Crippen LogP contribution in [0.15, 0.2) is 36.4 Å². The molecule has 0 aromatic heterocycles. The van der Waals surface area contributed by atoms with E-state index in [1.807, 2.05) is 0 Å². The zero-order valence-electron chi connectivity index (χ0n) is 11.5. The Morgan fingerprint density at radius 1 is 0.750 bits per heavy atom. The predicted octanol–water partition coefficient (Wildman–Crippen LogP) is 5.16. The van der Waals surface area contributed by atoms with Crippen molar-refractivity contribution >= 4 is 31.9 Å². The lowest BCUT2D eigenvalue weighted by atomic mass is 10.0. The third-order valence-electron chi connectivity index (χ3n) is 3.20. The van der Waals surface area contributed by atoms with Crippen molar-refractivity contribution in [2.75, 3.05) is 14.2 Å². The minimum Gasteiger partial charge on any atom is -0.496 e. The van der Waals surface area contributed by atoms with E-state index in [9.17, 15) is 0 Å². The summed E-state index contributed by atoms with van der Waals surface area (Å²) in [6.07, 6.45) is 0. The first kappa shape index (κ1) is 15.4. The molecule has 0 atom stereocenters. The summed E-state index contributed by atoms with van der Waals surface area (Å²) in [5, 5.41) is 1.56. The second kappa shape index (κ2) is 7.14. The minimum absolute atomic E-state index is 0.780. The van der Waals surface area contributed by atoms with Gasteiger partial charge in [-0.05, 0) is 23.3 Å². The van der Waals surface area contributed by atoms with Crippen LogP contribution in [0.25, 0.3) is 11.1 Å². The third-order valence-corrected chi connectivity index (χ3v) is 4.40. The smallest absolute Gasteiger partial charge is 0.123 e. The molecular weight excluding hydrogens is 384 g/mol. The van der Waals surface area contributed by atoms with E-state index in [0.717, 1.165) is 44.4 Å². The second-order valence-electron chi connectivity index (χ2n) is 4.32. The van der Waals surface area contributed by atoms with E-state index in [1.165, 1.54) is 0 Å². The van der Waals surface area contributed by atoms with E-state index >= 15 is 0 Å². The van der Waals surface area contributed by atoms with Crippen molar-refractivity contribution in [3.8, 4) is 22.6 Å². The first-order valence-electron chi connectivity index (χ1n) is 6.19. The van der Waals surface area contributed by atoms with Gasteiger partial charge in [0.15, 0.2) is 0 Å². The summed E-state index contributed by atoms with van der Waals surface area (Å²) in [6.45, 7) is 0. The quantitative estimate of drug-likeness (QED) is 0.646. The zero-order valence-corrected chi connectivity index (χ0v) is 14.6. The number of benzene rings is 2. The molecule has 0 aliphatic carbocycles. The van der Waals surface area contributed by atoms with Crippen molar-refractivity contribution in [3.05, 3.63) is 47.5 Å². The number of ether oxygens (including phenoxy) is 2. The van der Waals surface area contributed by atoms with Gasteiger partial charge in [-0.3, -0.25) is 0 Å². The number of hydrogen-bond donors (Lipinski definition) is 0. The topological polar surface area (TPSA) is 18.5 Å². The van der Waals surface area contributed by atoms with Gasteiger partial charge in [-0.2, -0.15) is 0 Å². The van der Waals surface area contributed by atoms with Gasteiger partial charge in [0.2, 0.25) is 0 Å². The number of rotatable bonds is 5. The monoisotopic (exact) mass is 398 g/mol. The summed E-state index contributed by atoms with van der Waals surface area (Å²) in [6, 6.07) is 12.5. The normalized spacial score (nSPS) is 10.4. The van der Waals surface area contributed by atoms with E-state index < -0.39 is 0 Å². The van der Waals surface area contributed by atoms with Crippen LogP contribution in [0, 0.1) is 0 Å². The minimum atomic E-state index is 0.780. The van der Waals surface area contributed by atoms with Crippen LogP contribution in [0.4, 0.5) is 0 Å². The van der Waals surface area contributed by atoms with Crippen LogP contribution >= 0.6 is 31.9 Å². The van der Waals surface area contributed by atoms with Gasteiger partial charge in [0, 0.05) is 21.8 Å². The van der Waals surface area contributed by atoms with Crippen molar-refractivity contribution in [1.82, 2.24) is 0 Å². The number of alkyl halides is 2. The molecule has 2 nitrogen and oxygen atoms in total. The van der Waals surface area contributed by atoms with Gasteiger partial charge in [0.05, 0.1) is 14.2 Å². The molecule has 20 heavy (non-hydrogen) atoms. The highest BCUT2D eigenvalue weighted by Crippen LogP contribution is 2.32. The molecule has 0 saturated carbocycles. The fourth-order valence-electron chi connectivity index (χ4n) is 2.07. The predicted molar refractivity (Wildman–Crippen MR) is 90.2 cm³/mol. The molecular formula is C16H16Br2O2. The fraction of sp³-hybridized carbons (Fsp3) is 0.250. The Balaban J connectivity index is 2.46. The Morgan fingerprint density at radius 2 is 1.15 bits per heavy atom. The van der Waals surface area contributed by atoms with E-state index in [-0.39, 0.29) is 0 Å². The van der Waals surface area contributed by atoms with Crippen molar-refractivity contribution in [3.63, 3.8) is 0 Å². The van der Waals surface area contributed by atoms with E-state index in [0.29, 0.717) is 0 Å². The molecule has 0 saturated heterocycles. The summed E-state index contributed by atoms with van der Waals surface area (Å²) in [5.41, 5.74) is 4.51. The summed E-state index contributed by atoms with van der Waals surface area (Å²) in [4.78, 5) is 0. The molecule has 0 N–H and O–H groups in total. The van der Waals surface area contributed by atoms with Gasteiger partial charge in [-0.25, -0.2) is 0 Å². The highest BCUT2D eigenvalue weighted by molar-refractivity contribution is 9.08. The highest BCUT2D eigenvalue weighted by Gasteiger charge is 2.08. The lowest BCUT2D eigenvalue weighted by molar-refractivity contribution is 0.411. The Kier molecular flexibility index (Phi) is 5.49. The Hall–Kier alpha value is -1.00. The summed E-state index contributed by atoms with van der Waals surface area (Å²) in [5.74, 6) is 1.78. The highest BCUT2D eigenvalue weighted by atomic mass is 79.9. The van der Waals surface area contributed by atoms with Crippen LogP contribution in [0.3, 0.4) is 0 Å². The molecule has 0 bridgehead atoms. The Morgan fingerprint density at radius 3 is 1.45 bits per heavy atom. The summed E-state index contributed by atoms with van der Waals surface area (Å²) in [7, 11) is 3.39. The van der Waals surface area contributed by atoms with E-state index in [2.05, 4.69) is 68.3 Å². The van der Waals surface area contributed by atoms with E-state index in [4.69, 9.17) is 9.47 Å². The van der Waals surface area contributed by atoms with Crippen molar-refractivity contribution < 1.29 is 9.47 Å². The molecule has 0 heterocycles. The molecule has 0 spiro atoms. The molecule has 2 aromatic rings. The molecule has 0 amide bonds. The SMILES string of the molecule is COc1cc(-c2ccc(CBr)c(OC)c2)ccc1CBr. The van der Waals surface area contributed by atoms with Gasteiger partial charge >= 0.3 is 0 Å². The molecule has 0 aliphatic rings. The first-order chi connectivity index (χ1) is 9.73. The van der Waals surface area contributed by atoms with Crippen LogP contribution in [0.5, 0.6) is 11.5 Å². The van der Waals surface area contributed by atoms with Crippen molar-refractivity contribution in [1.29, 1.82) is 0 Å². The van der Waals surface area contributed by atoms with Crippen molar-refractivity contribution in [2.45, 2.75) is 10.7 Å². The molecule has 2 aromatic carbocycles. The second-order valence-corrected chi connectivity index (χ2v) is 5.44. The van der Waals surface area contributed by atoms with Crippen molar-refractivity contribution in [2.24, 2.45) is 0 Å². The maximum Gasteiger partial charge on any atom is 0.123 e.